The van der Waals surface area contributed by atoms with Crippen molar-refractivity contribution in [1.29, 1.82) is 0 Å². The highest BCUT2D eigenvalue weighted by molar-refractivity contribution is 7.89. The smallest absolute Gasteiger partial charge is 0.357 e. The summed E-state index contributed by atoms with van der Waals surface area (Å²) in [7, 11) is -3.67. The number of halogens is 1. The summed E-state index contributed by atoms with van der Waals surface area (Å²) in [5, 5.41) is 2.58. The summed E-state index contributed by atoms with van der Waals surface area (Å²) >= 11 is 7.06. The van der Waals surface area contributed by atoms with Gasteiger partial charge in [0.25, 0.3) is 0 Å². The van der Waals surface area contributed by atoms with E-state index in [4.69, 9.17) is 16.3 Å². The zero-order chi connectivity index (χ0) is 18.4. The Morgan fingerprint density at radius 1 is 1.28 bits per heavy atom. The first kappa shape index (κ1) is 19.8. The van der Waals surface area contributed by atoms with Crippen LogP contribution in [0.2, 0.25) is 5.02 Å². The van der Waals surface area contributed by atoms with Crippen LogP contribution in [-0.2, 0) is 21.3 Å². The van der Waals surface area contributed by atoms with E-state index in [9.17, 15) is 13.2 Å². The molecule has 0 saturated carbocycles. The number of nitrogens with zero attached hydrogens (tertiary/aromatic N) is 2. The first-order valence-electron chi connectivity index (χ1n) is 7.75. The maximum atomic E-state index is 12.8. The lowest BCUT2D eigenvalue weighted by Crippen LogP contribution is -2.31. The largest absolute Gasteiger partial charge is 0.461 e. The number of carbonyl (C=O) groups excluding carboxylic acids is 1. The lowest BCUT2D eigenvalue weighted by atomic mass is 10.4. The number of thiazole rings is 1. The fourth-order valence-electron chi connectivity index (χ4n) is 2.12. The van der Waals surface area contributed by atoms with Crippen molar-refractivity contribution in [2.45, 2.75) is 31.7 Å². The third-order valence-corrected chi connectivity index (χ3v) is 6.22. The first-order chi connectivity index (χ1) is 11.9. The molecular formula is C16H19ClN2O4S2. The fourth-order valence-corrected chi connectivity index (χ4v) is 4.60. The predicted molar refractivity (Wildman–Crippen MR) is 97.4 cm³/mol. The molecule has 1 heterocycles. The maximum absolute atomic E-state index is 12.8. The molecule has 0 aliphatic heterocycles. The molecule has 6 nitrogen and oxygen atoms in total. The third-order valence-electron chi connectivity index (χ3n) is 3.27. The molecule has 2 rings (SSSR count). The van der Waals surface area contributed by atoms with E-state index in [1.165, 1.54) is 27.8 Å². The molecule has 0 unspecified atom stereocenters. The van der Waals surface area contributed by atoms with Gasteiger partial charge in [0, 0.05) is 16.9 Å². The van der Waals surface area contributed by atoms with Gasteiger partial charge in [-0.1, -0.05) is 18.5 Å². The minimum atomic E-state index is -3.67. The monoisotopic (exact) mass is 402 g/mol. The molecule has 9 heteroatoms. The molecule has 0 radical (unpaired) electrons. The molecule has 0 spiro atoms. The Balaban J connectivity index is 2.23. The van der Waals surface area contributed by atoms with Gasteiger partial charge < -0.3 is 4.74 Å². The summed E-state index contributed by atoms with van der Waals surface area (Å²) in [6, 6.07) is 6.04. The van der Waals surface area contributed by atoms with E-state index in [1.807, 2.05) is 6.92 Å². The minimum Gasteiger partial charge on any atom is -0.461 e. The number of benzene rings is 1. The van der Waals surface area contributed by atoms with E-state index in [2.05, 4.69) is 4.98 Å². The van der Waals surface area contributed by atoms with E-state index < -0.39 is 16.0 Å². The molecule has 0 saturated heterocycles. The second-order valence-electron chi connectivity index (χ2n) is 5.14. The molecule has 136 valence electrons. The molecule has 2 aromatic rings. The van der Waals surface area contributed by atoms with E-state index in [-0.39, 0.29) is 23.7 Å². The van der Waals surface area contributed by atoms with Crippen LogP contribution in [0.3, 0.4) is 0 Å². The van der Waals surface area contributed by atoms with Gasteiger partial charge in [-0.3, -0.25) is 0 Å². The van der Waals surface area contributed by atoms with Crippen molar-refractivity contribution in [3.63, 3.8) is 0 Å². The van der Waals surface area contributed by atoms with E-state index in [0.29, 0.717) is 23.0 Å². The van der Waals surface area contributed by atoms with Crippen LogP contribution >= 0.6 is 22.9 Å². The van der Waals surface area contributed by atoms with Gasteiger partial charge in [0.05, 0.1) is 18.0 Å². The van der Waals surface area contributed by atoms with Gasteiger partial charge in [-0.2, -0.15) is 4.31 Å². The number of ether oxygens (including phenoxy) is 1. The van der Waals surface area contributed by atoms with Crippen molar-refractivity contribution in [2.24, 2.45) is 0 Å². The van der Waals surface area contributed by atoms with Crippen LogP contribution in [-0.4, -0.2) is 36.8 Å². The van der Waals surface area contributed by atoms with Crippen molar-refractivity contribution < 1.29 is 17.9 Å². The molecule has 25 heavy (non-hydrogen) atoms. The van der Waals surface area contributed by atoms with Gasteiger partial charge in [0.15, 0.2) is 5.69 Å². The highest BCUT2D eigenvalue weighted by Gasteiger charge is 2.25. The quantitative estimate of drug-likeness (QED) is 0.631. The summed E-state index contributed by atoms with van der Waals surface area (Å²) in [4.78, 5) is 16.1. The summed E-state index contributed by atoms with van der Waals surface area (Å²) in [5.41, 5.74) is 0.196. The van der Waals surface area contributed by atoms with Gasteiger partial charge in [-0.15, -0.1) is 11.3 Å². The van der Waals surface area contributed by atoms with Crippen LogP contribution in [0.15, 0.2) is 34.5 Å². The van der Waals surface area contributed by atoms with Crippen LogP contribution in [0.5, 0.6) is 0 Å². The van der Waals surface area contributed by atoms with Crippen LogP contribution in [0.25, 0.3) is 0 Å². The standard InChI is InChI=1S/C16H19ClN2O4S2/c1-3-9-19(25(21,22)13-7-5-12(17)6-8-13)10-15-18-14(11-24-15)16(20)23-4-2/h5-8,11H,3-4,9-10H2,1-2H3. The summed E-state index contributed by atoms with van der Waals surface area (Å²) in [6.07, 6.45) is 0.656. The lowest BCUT2D eigenvalue weighted by Gasteiger charge is -2.20. The topological polar surface area (TPSA) is 76.6 Å². The second kappa shape index (κ2) is 8.75. The summed E-state index contributed by atoms with van der Waals surface area (Å²) in [5.74, 6) is -0.507. The molecule has 0 bridgehead atoms. The van der Waals surface area contributed by atoms with Gasteiger partial charge >= 0.3 is 5.97 Å². The third kappa shape index (κ3) is 5.01. The Kier molecular flexibility index (Phi) is 6.95. The van der Waals surface area contributed by atoms with Crippen molar-refractivity contribution >= 4 is 38.9 Å². The van der Waals surface area contributed by atoms with E-state index in [0.717, 1.165) is 0 Å². The fraction of sp³-hybridized carbons (Fsp3) is 0.375. The van der Waals surface area contributed by atoms with Crippen molar-refractivity contribution in [3.8, 4) is 0 Å². The van der Waals surface area contributed by atoms with E-state index in [1.54, 1.807) is 24.4 Å². The summed E-state index contributed by atoms with van der Waals surface area (Å²) in [6.45, 7) is 4.32. The van der Waals surface area contributed by atoms with Crippen molar-refractivity contribution in [1.82, 2.24) is 9.29 Å². The van der Waals surface area contributed by atoms with Gasteiger partial charge in [-0.05, 0) is 37.6 Å². The highest BCUT2D eigenvalue weighted by atomic mass is 35.5. The molecule has 0 amide bonds. The molecule has 0 aliphatic rings. The molecule has 1 aromatic heterocycles. The van der Waals surface area contributed by atoms with Crippen LogP contribution in [0, 0.1) is 0 Å². The SMILES string of the molecule is CCCN(Cc1nc(C(=O)OCC)cs1)S(=O)(=O)c1ccc(Cl)cc1. The summed E-state index contributed by atoms with van der Waals surface area (Å²) < 4.78 is 32.0. The Morgan fingerprint density at radius 2 is 1.96 bits per heavy atom. The van der Waals surface area contributed by atoms with Gasteiger partial charge in [-0.25, -0.2) is 18.2 Å². The van der Waals surface area contributed by atoms with Gasteiger partial charge in [0.2, 0.25) is 10.0 Å². The average molecular weight is 403 g/mol. The van der Waals surface area contributed by atoms with Crippen LogP contribution in [0.1, 0.15) is 35.8 Å². The van der Waals surface area contributed by atoms with Crippen molar-refractivity contribution in [2.75, 3.05) is 13.2 Å². The predicted octanol–water partition coefficient (Wildman–Crippen LogP) is 3.57. The Morgan fingerprint density at radius 3 is 2.56 bits per heavy atom. The number of rotatable bonds is 8. The van der Waals surface area contributed by atoms with E-state index >= 15 is 0 Å². The molecule has 0 N–H and O–H groups in total. The zero-order valence-electron chi connectivity index (χ0n) is 13.9. The zero-order valence-corrected chi connectivity index (χ0v) is 16.3. The number of aromatic nitrogens is 1. The number of hydrogen-bond acceptors (Lipinski definition) is 6. The molecular weight excluding hydrogens is 384 g/mol. The number of sulfonamides is 1. The molecule has 0 atom stereocenters. The first-order valence-corrected chi connectivity index (χ1v) is 10.5. The number of esters is 1. The second-order valence-corrected chi connectivity index (χ2v) is 8.46. The molecule has 0 aliphatic carbocycles. The average Bonchev–Trinajstić information content (AvgIpc) is 3.04. The minimum absolute atomic E-state index is 0.100. The Hall–Kier alpha value is -1.48. The maximum Gasteiger partial charge on any atom is 0.357 e. The molecule has 1 aromatic carbocycles. The van der Waals surface area contributed by atoms with Crippen LogP contribution in [0.4, 0.5) is 0 Å². The van der Waals surface area contributed by atoms with Crippen LogP contribution < -0.4 is 0 Å². The Labute approximate surface area is 156 Å². The number of hydrogen-bond donors (Lipinski definition) is 0. The van der Waals surface area contributed by atoms with Crippen molar-refractivity contribution in [3.05, 3.63) is 45.4 Å². The van der Waals surface area contributed by atoms with Gasteiger partial charge in [0.1, 0.15) is 5.01 Å². The number of carbonyl (C=O) groups is 1. The Bertz CT molecular complexity index is 819. The highest BCUT2D eigenvalue weighted by Crippen LogP contribution is 2.22. The lowest BCUT2D eigenvalue weighted by molar-refractivity contribution is 0.0520. The normalized spacial score (nSPS) is 11.7. The molecule has 0 fully saturated rings.